The second-order valence-corrected chi connectivity index (χ2v) is 7.08. The first-order valence-corrected chi connectivity index (χ1v) is 7.95. The Bertz CT molecular complexity index is 405. The lowest BCUT2D eigenvalue weighted by atomic mass is 9.85. The number of carbonyl (C=O) groups is 3. The van der Waals surface area contributed by atoms with Gasteiger partial charge < -0.3 is 20.5 Å². The normalized spacial score (nSPS) is 13.9. The first-order chi connectivity index (χ1) is 10.5. The van der Waals surface area contributed by atoms with Crippen LogP contribution in [0.3, 0.4) is 0 Å². The van der Waals surface area contributed by atoms with Crippen LogP contribution in [-0.2, 0) is 14.4 Å². The lowest BCUT2D eigenvalue weighted by Gasteiger charge is -2.34. The minimum absolute atomic E-state index is 0.165. The average molecular weight is 328 g/mol. The molecule has 134 valence electrons. The Morgan fingerprint density at radius 1 is 1.26 bits per heavy atom. The van der Waals surface area contributed by atoms with Crippen molar-refractivity contribution in [1.82, 2.24) is 15.3 Å². The van der Waals surface area contributed by atoms with Gasteiger partial charge in [-0.15, -0.1) is 0 Å². The molecule has 0 aliphatic carbocycles. The highest BCUT2D eigenvalue weighted by Gasteiger charge is 2.35. The third kappa shape index (κ3) is 7.45. The summed E-state index contributed by atoms with van der Waals surface area (Å²) in [4.78, 5) is 36.8. The van der Waals surface area contributed by atoms with Crippen molar-refractivity contribution in [1.29, 1.82) is 0 Å². The molecule has 23 heavy (non-hydrogen) atoms. The molecule has 0 aromatic heterocycles. The van der Waals surface area contributed by atoms with Gasteiger partial charge in [0, 0.05) is 20.6 Å². The van der Waals surface area contributed by atoms with E-state index in [1.54, 1.807) is 14.1 Å². The standard InChI is InChI=1S/C16H30N3O4/c1-7-8-9-12(10-19(23)11-20)14(21)17-13(16(2,3)4)15(22)18(5)6/h11-13H,7-10H2,1-6H3,(H,17,21)/q-1/t12-,13-/m1/s1. The van der Waals surface area contributed by atoms with E-state index in [1.165, 1.54) is 4.90 Å². The molecule has 0 unspecified atom stereocenters. The van der Waals surface area contributed by atoms with E-state index in [2.05, 4.69) is 5.32 Å². The molecule has 0 aromatic rings. The number of hydrogen-bond donors (Lipinski definition) is 1. The monoisotopic (exact) mass is 328 g/mol. The van der Waals surface area contributed by atoms with Gasteiger partial charge in [0.15, 0.2) is 6.41 Å². The summed E-state index contributed by atoms with van der Waals surface area (Å²) in [7, 11) is 3.27. The first kappa shape index (κ1) is 21.4. The number of amides is 3. The molecule has 7 nitrogen and oxygen atoms in total. The van der Waals surface area contributed by atoms with Gasteiger partial charge in [0.05, 0.1) is 5.92 Å². The van der Waals surface area contributed by atoms with Gasteiger partial charge >= 0.3 is 0 Å². The van der Waals surface area contributed by atoms with Crippen molar-refractivity contribution in [3.8, 4) is 0 Å². The average Bonchev–Trinajstić information content (AvgIpc) is 2.46. The maximum absolute atomic E-state index is 12.5. The Morgan fingerprint density at radius 2 is 1.83 bits per heavy atom. The van der Waals surface area contributed by atoms with Crippen molar-refractivity contribution in [3.05, 3.63) is 5.21 Å². The van der Waals surface area contributed by atoms with Crippen LogP contribution in [0.5, 0.6) is 0 Å². The van der Waals surface area contributed by atoms with Crippen LogP contribution < -0.4 is 5.32 Å². The molecule has 0 rings (SSSR count). The molecule has 0 saturated heterocycles. The van der Waals surface area contributed by atoms with E-state index in [4.69, 9.17) is 0 Å². The molecule has 1 N–H and O–H groups in total. The second-order valence-electron chi connectivity index (χ2n) is 7.08. The number of nitrogens with one attached hydrogen (secondary N) is 1. The maximum atomic E-state index is 12.5. The fourth-order valence-electron chi connectivity index (χ4n) is 2.18. The quantitative estimate of drug-likeness (QED) is 0.511. The molecule has 0 spiro atoms. The topological polar surface area (TPSA) is 92.8 Å². The van der Waals surface area contributed by atoms with Crippen LogP contribution >= 0.6 is 0 Å². The zero-order valence-electron chi connectivity index (χ0n) is 15.1. The van der Waals surface area contributed by atoms with Gasteiger partial charge in [-0.25, -0.2) is 0 Å². The Kier molecular flexibility index (Phi) is 8.82. The molecule has 2 atom stereocenters. The number of hydroxylamine groups is 2. The number of likely N-dealkylation sites (N-methyl/N-ethyl adjacent to an activating group) is 1. The summed E-state index contributed by atoms with van der Waals surface area (Å²) in [5.41, 5.74) is -0.464. The largest absolute Gasteiger partial charge is 0.756 e. The van der Waals surface area contributed by atoms with Crippen molar-refractivity contribution < 1.29 is 14.4 Å². The SMILES string of the molecule is CCCC[C@H](CN([O-])C=O)C(=O)N[C@H](C(=O)N(C)C)C(C)(C)C. The van der Waals surface area contributed by atoms with Crippen LogP contribution in [0.25, 0.3) is 0 Å². The highest BCUT2D eigenvalue weighted by atomic mass is 16.5. The van der Waals surface area contributed by atoms with Crippen LogP contribution in [0.2, 0.25) is 0 Å². The third-order valence-electron chi connectivity index (χ3n) is 3.64. The Balaban J connectivity index is 5.15. The fourth-order valence-corrected chi connectivity index (χ4v) is 2.18. The van der Waals surface area contributed by atoms with E-state index < -0.39 is 17.4 Å². The van der Waals surface area contributed by atoms with Crippen molar-refractivity contribution in [2.24, 2.45) is 11.3 Å². The van der Waals surface area contributed by atoms with E-state index in [9.17, 15) is 19.6 Å². The highest BCUT2D eigenvalue weighted by molar-refractivity contribution is 5.89. The van der Waals surface area contributed by atoms with Crippen molar-refractivity contribution >= 4 is 18.2 Å². The summed E-state index contributed by atoms with van der Waals surface area (Å²) < 4.78 is 0. The molecule has 3 amide bonds. The van der Waals surface area contributed by atoms with E-state index in [1.807, 2.05) is 27.7 Å². The predicted octanol–water partition coefficient (Wildman–Crippen LogP) is 1.37. The number of hydrogen-bond acceptors (Lipinski definition) is 4. The first-order valence-electron chi connectivity index (χ1n) is 7.95. The lowest BCUT2D eigenvalue weighted by molar-refractivity contribution is -0.139. The van der Waals surface area contributed by atoms with Crippen LogP contribution in [-0.4, -0.2) is 54.9 Å². The number of carbonyl (C=O) groups excluding carboxylic acids is 3. The molecule has 0 aliphatic rings. The second kappa shape index (κ2) is 9.50. The molecular weight excluding hydrogens is 298 g/mol. The predicted molar refractivity (Wildman–Crippen MR) is 89.2 cm³/mol. The molecule has 0 heterocycles. The van der Waals surface area contributed by atoms with E-state index in [0.717, 1.165) is 12.8 Å². The van der Waals surface area contributed by atoms with Crippen molar-refractivity contribution in [2.45, 2.75) is 53.0 Å². The van der Waals surface area contributed by atoms with Gasteiger partial charge in [0.1, 0.15) is 6.04 Å². The molecule has 7 heteroatoms. The molecule has 0 fully saturated rings. The summed E-state index contributed by atoms with van der Waals surface area (Å²) in [6.45, 7) is 7.39. The molecule has 0 radical (unpaired) electrons. The van der Waals surface area contributed by atoms with Crippen LogP contribution in [0.4, 0.5) is 0 Å². The van der Waals surface area contributed by atoms with Crippen LogP contribution in [0.1, 0.15) is 47.0 Å². The van der Waals surface area contributed by atoms with Gasteiger partial charge in [0.25, 0.3) is 0 Å². The van der Waals surface area contributed by atoms with Crippen LogP contribution in [0, 0.1) is 16.5 Å². The Hall–Kier alpha value is -1.63. The summed E-state index contributed by atoms with van der Waals surface area (Å²) in [5, 5.41) is 14.3. The molecule has 0 aromatic carbocycles. The maximum Gasteiger partial charge on any atom is 0.245 e. The zero-order valence-corrected chi connectivity index (χ0v) is 15.1. The number of rotatable bonds is 9. The minimum atomic E-state index is -0.689. The Labute approximate surface area is 139 Å². The van der Waals surface area contributed by atoms with E-state index >= 15 is 0 Å². The van der Waals surface area contributed by atoms with Crippen molar-refractivity contribution in [2.75, 3.05) is 20.6 Å². The summed E-state index contributed by atoms with van der Waals surface area (Å²) in [6.07, 6.45) is 2.32. The van der Waals surface area contributed by atoms with Crippen LogP contribution in [0.15, 0.2) is 0 Å². The van der Waals surface area contributed by atoms with Gasteiger partial charge in [-0.1, -0.05) is 40.5 Å². The summed E-state index contributed by atoms with van der Waals surface area (Å²) in [5.74, 6) is -1.18. The smallest absolute Gasteiger partial charge is 0.245 e. The van der Waals surface area contributed by atoms with E-state index in [0.29, 0.717) is 6.42 Å². The molecular formula is C16H30N3O4-. The van der Waals surface area contributed by atoms with Gasteiger partial charge in [-0.2, -0.15) is 0 Å². The molecule has 0 bridgehead atoms. The fraction of sp³-hybridized carbons (Fsp3) is 0.812. The summed E-state index contributed by atoms with van der Waals surface area (Å²) in [6, 6.07) is -0.689. The lowest BCUT2D eigenvalue weighted by Crippen LogP contribution is -2.55. The van der Waals surface area contributed by atoms with Crippen molar-refractivity contribution in [3.63, 3.8) is 0 Å². The number of unbranched alkanes of at least 4 members (excludes halogenated alkanes) is 1. The number of nitrogens with zero attached hydrogens (tertiary/aromatic N) is 2. The molecule has 0 aliphatic heterocycles. The summed E-state index contributed by atoms with van der Waals surface area (Å²) >= 11 is 0. The van der Waals surface area contributed by atoms with Gasteiger partial charge in [-0.05, 0) is 11.8 Å². The highest BCUT2D eigenvalue weighted by Crippen LogP contribution is 2.22. The molecule has 0 saturated carbocycles. The van der Waals surface area contributed by atoms with Gasteiger partial charge in [0.2, 0.25) is 11.8 Å². The van der Waals surface area contributed by atoms with E-state index in [-0.39, 0.29) is 29.8 Å². The third-order valence-corrected chi connectivity index (χ3v) is 3.64. The zero-order chi connectivity index (χ0) is 18.2. The van der Waals surface area contributed by atoms with Gasteiger partial charge in [-0.3, -0.25) is 14.4 Å². The Morgan fingerprint density at radius 3 is 2.22 bits per heavy atom. The minimum Gasteiger partial charge on any atom is -0.756 e.